The molecule has 0 heterocycles. The topological polar surface area (TPSA) is 43.1 Å². The summed E-state index contributed by atoms with van der Waals surface area (Å²) in [5.74, 6) is 0.153. The maximum absolute atomic E-state index is 11.9. The normalized spacial score (nSPS) is 14.6. The van der Waals surface area contributed by atoms with E-state index in [1.54, 1.807) is 0 Å². The Hall–Kier alpha value is -1.15. The fourth-order valence-electron chi connectivity index (χ4n) is 1.57. The van der Waals surface area contributed by atoms with Gasteiger partial charge in [-0.3, -0.25) is 4.79 Å². The van der Waals surface area contributed by atoms with Gasteiger partial charge >= 0.3 is 0 Å². The average Bonchev–Trinajstić information content (AvgIpc) is 2.22. The summed E-state index contributed by atoms with van der Waals surface area (Å²) >= 11 is 0. The summed E-state index contributed by atoms with van der Waals surface area (Å²) in [6.45, 7) is 7.92. The first-order valence-corrected chi connectivity index (χ1v) is 5.76. The van der Waals surface area contributed by atoms with Gasteiger partial charge in [-0.25, -0.2) is 0 Å². The lowest BCUT2D eigenvalue weighted by atomic mass is 9.93. The van der Waals surface area contributed by atoms with Crippen LogP contribution in [0.5, 0.6) is 0 Å². The van der Waals surface area contributed by atoms with Gasteiger partial charge < -0.3 is 5.73 Å². The molecule has 0 aliphatic rings. The van der Waals surface area contributed by atoms with Crippen LogP contribution in [0.2, 0.25) is 0 Å². The Kier molecular flexibility index (Phi) is 4.25. The minimum Gasteiger partial charge on any atom is -0.327 e. The summed E-state index contributed by atoms with van der Waals surface area (Å²) in [5, 5.41) is 0. The van der Waals surface area contributed by atoms with Crippen molar-refractivity contribution < 1.29 is 4.79 Å². The highest BCUT2D eigenvalue weighted by molar-refractivity contribution is 5.83. The maximum atomic E-state index is 11.9. The second-order valence-electron chi connectivity index (χ2n) is 4.71. The number of carbonyl (C=O) groups is 1. The number of aryl methyl sites for hydroxylation is 2. The smallest absolute Gasteiger partial charge is 0.141 e. The number of rotatable bonds is 4. The Labute approximate surface area is 97.9 Å². The molecule has 0 saturated heterocycles. The van der Waals surface area contributed by atoms with Crippen molar-refractivity contribution in [2.45, 2.75) is 40.2 Å². The van der Waals surface area contributed by atoms with Crippen molar-refractivity contribution in [2.75, 3.05) is 0 Å². The quantitative estimate of drug-likeness (QED) is 0.845. The van der Waals surface area contributed by atoms with E-state index in [1.807, 2.05) is 19.9 Å². The second kappa shape index (κ2) is 5.26. The van der Waals surface area contributed by atoms with Crippen LogP contribution < -0.4 is 5.73 Å². The molecule has 0 saturated carbocycles. The second-order valence-corrected chi connectivity index (χ2v) is 4.71. The molecule has 1 aromatic rings. The van der Waals surface area contributed by atoms with E-state index in [0.717, 1.165) is 5.56 Å². The van der Waals surface area contributed by atoms with Crippen molar-refractivity contribution in [2.24, 2.45) is 11.7 Å². The predicted molar refractivity (Wildman–Crippen MR) is 67.4 cm³/mol. The van der Waals surface area contributed by atoms with Crippen molar-refractivity contribution in [3.05, 3.63) is 34.9 Å². The highest BCUT2D eigenvalue weighted by Gasteiger charge is 2.17. The van der Waals surface area contributed by atoms with Crippen LogP contribution in [0.3, 0.4) is 0 Å². The van der Waals surface area contributed by atoms with E-state index in [-0.39, 0.29) is 17.7 Å². The number of benzene rings is 1. The summed E-state index contributed by atoms with van der Waals surface area (Å²) in [6, 6.07) is 6.10. The zero-order valence-corrected chi connectivity index (χ0v) is 10.6. The first-order valence-electron chi connectivity index (χ1n) is 5.76. The number of nitrogens with two attached hydrogens (primary N) is 1. The van der Waals surface area contributed by atoms with Gasteiger partial charge in [-0.1, -0.05) is 25.1 Å². The molecule has 1 rings (SSSR count). The largest absolute Gasteiger partial charge is 0.327 e. The van der Waals surface area contributed by atoms with Crippen LogP contribution in [0.1, 0.15) is 30.5 Å². The van der Waals surface area contributed by atoms with Gasteiger partial charge in [0.2, 0.25) is 0 Å². The summed E-state index contributed by atoms with van der Waals surface area (Å²) < 4.78 is 0. The van der Waals surface area contributed by atoms with Crippen LogP contribution in [0.15, 0.2) is 18.2 Å². The third kappa shape index (κ3) is 3.17. The average molecular weight is 219 g/mol. The molecule has 88 valence electrons. The highest BCUT2D eigenvalue weighted by atomic mass is 16.1. The molecule has 16 heavy (non-hydrogen) atoms. The first-order chi connectivity index (χ1) is 7.41. The minimum atomic E-state index is -0.0703. The zero-order chi connectivity index (χ0) is 12.3. The molecule has 1 aromatic carbocycles. The number of carbonyl (C=O) groups excluding carboxylic acids is 1. The Morgan fingerprint density at radius 3 is 2.38 bits per heavy atom. The lowest BCUT2D eigenvalue weighted by Gasteiger charge is -2.14. The van der Waals surface area contributed by atoms with E-state index in [2.05, 4.69) is 26.0 Å². The van der Waals surface area contributed by atoms with Crippen LogP contribution in [-0.2, 0) is 11.2 Å². The zero-order valence-electron chi connectivity index (χ0n) is 10.6. The third-order valence-electron chi connectivity index (χ3n) is 3.25. The molecule has 2 atom stereocenters. The molecule has 2 N–H and O–H groups in total. The molecule has 0 fully saturated rings. The van der Waals surface area contributed by atoms with Crippen LogP contribution in [0, 0.1) is 19.8 Å². The van der Waals surface area contributed by atoms with Gasteiger partial charge in [-0.15, -0.1) is 0 Å². The first kappa shape index (κ1) is 12.9. The van der Waals surface area contributed by atoms with Gasteiger partial charge in [0.05, 0.1) is 0 Å². The van der Waals surface area contributed by atoms with Gasteiger partial charge in [-0.2, -0.15) is 0 Å². The molecule has 0 aliphatic carbocycles. The molecular weight excluding hydrogens is 198 g/mol. The van der Waals surface area contributed by atoms with Crippen molar-refractivity contribution in [3.63, 3.8) is 0 Å². The fourth-order valence-corrected chi connectivity index (χ4v) is 1.57. The van der Waals surface area contributed by atoms with Crippen molar-refractivity contribution in [1.29, 1.82) is 0 Å². The molecule has 2 heteroatoms. The van der Waals surface area contributed by atoms with E-state index in [9.17, 15) is 4.79 Å². The molecule has 2 unspecified atom stereocenters. The van der Waals surface area contributed by atoms with Crippen LogP contribution >= 0.6 is 0 Å². The Morgan fingerprint density at radius 2 is 1.88 bits per heavy atom. The number of hydrogen-bond acceptors (Lipinski definition) is 2. The van der Waals surface area contributed by atoms with E-state index in [0.29, 0.717) is 6.42 Å². The summed E-state index contributed by atoms with van der Waals surface area (Å²) in [7, 11) is 0. The van der Waals surface area contributed by atoms with Gasteiger partial charge in [0, 0.05) is 18.4 Å². The number of ketones is 1. The lowest BCUT2D eigenvalue weighted by Crippen LogP contribution is -2.31. The number of hydrogen-bond donors (Lipinski definition) is 1. The van der Waals surface area contributed by atoms with E-state index in [4.69, 9.17) is 5.73 Å². The minimum absolute atomic E-state index is 0.0680. The molecule has 0 amide bonds. The lowest BCUT2D eigenvalue weighted by molar-refractivity contribution is -0.122. The van der Waals surface area contributed by atoms with Crippen molar-refractivity contribution >= 4 is 5.78 Å². The monoisotopic (exact) mass is 219 g/mol. The Bertz CT molecular complexity index is 382. The van der Waals surface area contributed by atoms with Crippen molar-refractivity contribution in [3.8, 4) is 0 Å². The fraction of sp³-hybridized carbons (Fsp3) is 0.500. The molecule has 0 spiro atoms. The molecule has 2 nitrogen and oxygen atoms in total. The van der Waals surface area contributed by atoms with Gasteiger partial charge in [0.25, 0.3) is 0 Å². The summed E-state index contributed by atoms with van der Waals surface area (Å²) in [6.07, 6.45) is 0.490. The van der Waals surface area contributed by atoms with Crippen LogP contribution in [0.4, 0.5) is 0 Å². The van der Waals surface area contributed by atoms with E-state index >= 15 is 0 Å². The van der Waals surface area contributed by atoms with Gasteiger partial charge in [-0.05, 0) is 37.5 Å². The SMILES string of the molecule is Cc1ccc(CC(=O)C(C)C(C)N)cc1C. The van der Waals surface area contributed by atoms with E-state index in [1.165, 1.54) is 11.1 Å². The third-order valence-corrected chi connectivity index (χ3v) is 3.25. The van der Waals surface area contributed by atoms with Crippen LogP contribution in [-0.4, -0.2) is 11.8 Å². The molecule has 0 bridgehead atoms. The summed E-state index contributed by atoms with van der Waals surface area (Å²) in [4.78, 5) is 11.9. The predicted octanol–water partition coefficient (Wildman–Crippen LogP) is 2.40. The van der Waals surface area contributed by atoms with Crippen molar-refractivity contribution in [1.82, 2.24) is 0 Å². The molecular formula is C14H21NO. The van der Waals surface area contributed by atoms with Gasteiger partial charge in [0.15, 0.2) is 0 Å². The van der Waals surface area contributed by atoms with E-state index < -0.39 is 0 Å². The molecule has 0 radical (unpaired) electrons. The Morgan fingerprint density at radius 1 is 1.25 bits per heavy atom. The highest BCUT2D eigenvalue weighted by Crippen LogP contribution is 2.13. The van der Waals surface area contributed by atoms with Crippen LogP contribution in [0.25, 0.3) is 0 Å². The van der Waals surface area contributed by atoms with Gasteiger partial charge in [0.1, 0.15) is 5.78 Å². The number of Topliss-reactive ketones (excluding diaryl/α,β-unsaturated/α-hetero) is 1. The Balaban J connectivity index is 2.74. The molecule has 0 aliphatic heterocycles. The molecule has 0 aromatic heterocycles. The summed E-state index contributed by atoms with van der Waals surface area (Å²) in [5.41, 5.74) is 9.30. The standard InChI is InChI=1S/C14H21NO/c1-9-5-6-13(7-10(9)2)8-14(16)11(3)12(4)15/h5-7,11-12H,8,15H2,1-4H3. The maximum Gasteiger partial charge on any atom is 0.141 e.